The van der Waals surface area contributed by atoms with Gasteiger partial charge in [0.1, 0.15) is 0 Å². The van der Waals surface area contributed by atoms with E-state index in [-0.39, 0.29) is 5.28 Å². The minimum Gasteiger partial charge on any atom is -0.472 e. The highest BCUT2D eigenvalue weighted by Gasteiger charge is 2.09. The third-order valence-electron chi connectivity index (χ3n) is 2.13. The number of rotatable bonds is 3. The van der Waals surface area contributed by atoms with Crippen molar-refractivity contribution in [3.05, 3.63) is 35.6 Å². The van der Waals surface area contributed by atoms with Crippen LogP contribution >= 0.6 is 11.6 Å². The van der Waals surface area contributed by atoms with Gasteiger partial charge in [-0.15, -0.1) is 0 Å². The summed E-state index contributed by atoms with van der Waals surface area (Å²) in [6, 6.07) is 1.88. The molecule has 0 amide bonds. The summed E-state index contributed by atoms with van der Waals surface area (Å²) in [4.78, 5) is 9.76. The molecule has 0 aromatic carbocycles. The van der Waals surface area contributed by atoms with Gasteiger partial charge in [-0.3, -0.25) is 0 Å². The number of hydrogen-bond donors (Lipinski definition) is 1. The minimum absolute atomic E-state index is 0.184. The maximum Gasteiger partial charge on any atom is 0.224 e. The van der Waals surface area contributed by atoms with Gasteiger partial charge in [0.05, 0.1) is 24.4 Å². The molecule has 2 heterocycles. The number of halogens is 1. The van der Waals surface area contributed by atoms with Gasteiger partial charge in [0.2, 0.25) is 5.28 Å². The van der Waals surface area contributed by atoms with Crippen LogP contribution in [-0.2, 0) is 6.54 Å². The highest BCUT2D eigenvalue weighted by Crippen LogP contribution is 2.21. The monoisotopic (exact) mass is 238 g/mol. The molecule has 0 spiro atoms. The van der Waals surface area contributed by atoms with Crippen LogP contribution < -0.4 is 10.6 Å². The van der Waals surface area contributed by atoms with Gasteiger partial charge in [0, 0.05) is 19.2 Å². The van der Waals surface area contributed by atoms with Crippen molar-refractivity contribution in [1.29, 1.82) is 0 Å². The van der Waals surface area contributed by atoms with Crippen LogP contribution in [0.15, 0.2) is 29.2 Å². The van der Waals surface area contributed by atoms with Crippen LogP contribution in [0.2, 0.25) is 5.28 Å². The Hall–Kier alpha value is -1.75. The zero-order chi connectivity index (χ0) is 11.5. The highest BCUT2D eigenvalue weighted by atomic mass is 35.5. The van der Waals surface area contributed by atoms with Gasteiger partial charge < -0.3 is 15.1 Å². The van der Waals surface area contributed by atoms with E-state index in [1.807, 2.05) is 18.0 Å². The number of nitrogens with two attached hydrogens (primary N) is 1. The standard InChI is InChI=1S/C10H11ClN4O/c1-15(5-7-2-3-16-6-7)9-8(12)4-13-10(11)14-9/h2-4,6H,5,12H2,1H3. The average Bonchev–Trinajstić information content (AvgIpc) is 2.74. The van der Waals surface area contributed by atoms with Crippen molar-refractivity contribution in [2.24, 2.45) is 0 Å². The van der Waals surface area contributed by atoms with Gasteiger partial charge in [-0.1, -0.05) is 0 Å². The van der Waals surface area contributed by atoms with Gasteiger partial charge in [-0.2, -0.15) is 4.98 Å². The zero-order valence-corrected chi connectivity index (χ0v) is 9.48. The normalized spacial score (nSPS) is 10.4. The van der Waals surface area contributed by atoms with Crippen LogP contribution in [0.25, 0.3) is 0 Å². The third kappa shape index (κ3) is 2.25. The summed E-state index contributed by atoms with van der Waals surface area (Å²) in [5, 5.41) is 0.184. The largest absolute Gasteiger partial charge is 0.472 e. The molecule has 0 unspecified atom stereocenters. The van der Waals surface area contributed by atoms with Crippen LogP contribution in [0.4, 0.5) is 11.5 Å². The molecule has 84 valence electrons. The van der Waals surface area contributed by atoms with E-state index >= 15 is 0 Å². The lowest BCUT2D eigenvalue weighted by molar-refractivity contribution is 0.563. The predicted molar refractivity (Wildman–Crippen MR) is 62.3 cm³/mol. The second-order valence-electron chi connectivity index (χ2n) is 3.41. The summed E-state index contributed by atoms with van der Waals surface area (Å²) in [5.74, 6) is 0.612. The molecule has 0 saturated heterocycles. The Kier molecular flexibility index (Phi) is 2.96. The Morgan fingerprint density at radius 2 is 2.38 bits per heavy atom. The highest BCUT2D eigenvalue weighted by molar-refractivity contribution is 6.28. The lowest BCUT2D eigenvalue weighted by atomic mass is 10.3. The number of nitrogens with zero attached hydrogens (tertiary/aromatic N) is 3. The molecule has 0 bridgehead atoms. The first-order valence-corrected chi connectivity index (χ1v) is 5.05. The molecule has 5 nitrogen and oxygen atoms in total. The third-order valence-corrected chi connectivity index (χ3v) is 2.31. The van der Waals surface area contributed by atoms with Crippen LogP contribution in [-0.4, -0.2) is 17.0 Å². The minimum atomic E-state index is 0.184. The molecular weight excluding hydrogens is 228 g/mol. The first-order chi connectivity index (χ1) is 7.66. The molecule has 0 radical (unpaired) electrons. The summed E-state index contributed by atoms with van der Waals surface area (Å²) < 4.78 is 4.99. The van der Waals surface area contributed by atoms with Crippen molar-refractivity contribution < 1.29 is 4.42 Å². The van der Waals surface area contributed by atoms with E-state index in [4.69, 9.17) is 21.8 Å². The van der Waals surface area contributed by atoms with E-state index < -0.39 is 0 Å². The molecule has 0 aliphatic heterocycles. The number of nitrogen functional groups attached to an aromatic ring is 1. The Morgan fingerprint density at radius 3 is 3.06 bits per heavy atom. The van der Waals surface area contributed by atoms with Crippen molar-refractivity contribution in [2.45, 2.75) is 6.54 Å². The molecule has 2 aromatic rings. The van der Waals surface area contributed by atoms with E-state index in [1.165, 1.54) is 6.20 Å². The zero-order valence-electron chi connectivity index (χ0n) is 8.72. The van der Waals surface area contributed by atoms with Gasteiger partial charge in [-0.05, 0) is 17.7 Å². The number of hydrogen-bond acceptors (Lipinski definition) is 5. The molecule has 0 aliphatic carbocycles. The molecule has 16 heavy (non-hydrogen) atoms. The fraction of sp³-hybridized carbons (Fsp3) is 0.200. The maximum absolute atomic E-state index is 5.77. The van der Waals surface area contributed by atoms with Crippen molar-refractivity contribution in [3.8, 4) is 0 Å². The topological polar surface area (TPSA) is 68.2 Å². The van der Waals surface area contributed by atoms with Crippen LogP contribution in [0.1, 0.15) is 5.56 Å². The van der Waals surface area contributed by atoms with Crippen LogP contribution in [0.3, 0.4) is 0 Å². The smallest absolute Gasteiger partial charge is 0.224 e. The van der Waals surface area contributed by atoms with Gasteiger partial charge in [-0.25, -0.2) is 4.98 Å². The molecule has 2 rings (SSSR count). The van der Waals surface area contributed by atoms with Gasteiger partial charge in [0.25, 0.3) is 0 Å². The van der Waals surface area contributed by atoms with Crippen molar-refractivity contribution in [2.75, 3.05) is 17.7 Å². The summed E-state index contributed by atoms with van der Waals surface area (Å²) in [5.41, 5.74) is 7.30. The van der Waals surface area contributed by atoms with E-state index in [0.717, 1.165) is 5.56 Å². The summed E-state index contributed by atoms with van der Waals surface area (Å²) >= 11 is 5.72. The van der Waals surface area contributed by atoms with Crippen molar-refractivity contribution in [1.82, 2.24) is 9.97 Å². The summed E-state index contributed by atoms with van der Waals surface area (Å²) in [6.07, 6.45) is 4.80. The van der Waals surface area contributed by atoms with E-state index in [1.54, 1.807) is 12.5 Å². The second kappa shape index (κ2) is 4.40. The van der Waals surface area contributed by atoms with Crippen LogP contribution in [0, 0.1) is 0 Å². The van der Waals surface area contributed by atoms with Gasteiger partial charge in [0.15, 0.2) is 5.82 Å². The lowest BCUT2D eigenvalue weighted by Crippen LogP contribution is -2.19. The summed E-state index contributed by atoms with van der Waals surface area (Å²) in [6.45, 7) is 0.647. The van der Waals surface area contributed by atoms with Gasteiger partial charge >= 0.3 is 0 Å². The van der Waals surface area contributed by atoms with E-state index in [2.05, 4.69) is 9.97 Å². The molecule has 2 aromatic heterocycles. The van der Waals surface area contributed by atoms with E-state index in [9.17, 15) is 0 Å². The van der Waals surface area contributed by atoms with Crippen molar-refractivity contribution in [3.63, 3.8) is 0 Å². The first kappa shape index (κ1) is 10.8. The molecule has 6 heteroatoms. The fourth-order valence-corrected chi connectivity index (χ4v) is 1.53. The number of furan rings is 1. The first-order valence-electron chi connectivity index (χ1n) is 4.67. The Labute approximate surface area is 97.9 Å². The number of aromatic nitrogens is 2. The van der Waals surface area contributed by atoms with Crippen LogP contribution in [0.5, 0.6) is 0 Å². The summed E-state index contributed by atoms with van der Waals surface area (Å²) in [7, 11) is 1.88. The van der Waals surface area contributed by atoms with E-state index in [0.29, 0.717) is 18.1 Å². The average molecular weight is 239 g/mol. The van der Waals surface area contributed by atoms with Crippen molar-refractivity contribution >= 4 is 23.1 Å². The SMILES string of the molecule is CN(Cc1ccoc1)c1nc(Cl)ncc1N. The predicted octanol–water partition coefficient (Wildman–Crippen LogP) is 1.94. The quantitative estimate of drug-likeness (QED) is 0.828. The molecule has 2 N–H and O–H groups in total. The Balaban J connectivity index is 2.20. The molecule has 0 saturated carbocycles. The Bertz CT molecular complexity index is 472. The Morgan fingerprint density at radius 1 is 1.56 bits per heavy atom. The fourth-order valence-electron chi connectivity index (χ4n) is 1.40. The molecule has 0 atom stereocenters. The number of anilines is 2. The second-order valence-corrected chi connectivity index (χ2v) is 3.74. The lowest BCUT2D eigenvalue weighted by Gasteiger charge is -2.18. The molecular formula is C10H11ClN4O. The maximum atomic E-state index is 5.77. The molecule has 0 aliphatic rings. The molecule has 0 fully saturated rings.